The van der Waals surface area contributed by atoms with E-state index in [-0.39, 0.29) is 30.0 Å². The molecule has 1 aromatic rings. The van der Waals surface area contributed by atoms with Gasteiger partial charge in [-0.15, -0.1) is 0 Å². The third-order valence-electron chi connectivity index (χ3n) is 3.46. The maximum atomic E-state index is 14.5. The molecule has 1 rings (SSSR count). The van der Waals surface area contributed by atoms with E-state index in [0.29, 0.717) is 5.56 Å². The molecule has 0 fully saturated rings. The van der Waals surface area contributed by atoms with Gasteiger partial charge in [0.25, 0.3) is 0 Å². The molecule has 0 heterocycles. The number of ether oxygens (including phenoxy) is 1. The van der Waals surface area contributed by atoms with Gasteiger partial charge in [-0.1, -0.05) is 12.1 Å². The number of hydrogen-bond acceptors (Lipinski definition) is 4. The number of nitrogens with one attached hydrogen (secondary N) is 1. The van der Waals surface area contributed by atoms with Crippen LogP contribution in [0.2, 0.25) is 0 Å². The van der Waals surface area contributed by atoms with Gasteiger partial charge in [-0.3, -0.25) is 9.59 Å². The quantitative estimate of drug-likeness (QED) is 0.849. The first-order valence-electron chi connectivity index (χ1n) is 8.11. The van der Waals surface area contributed by atoms with Crippen LogP contribution in [0.3, 0.4) is 0 Å². The van der Waals surface area contributed by atoms with Gasteiger partial charge in [0.2, 0.25) is 0 Å². The Labute approximate surface area is 147 Å². The zero-order valence-corrected chi connectivity index (χ0v) is 15.7. The van der Waals surface area contributed by atoms with E-state index in [1.165, 1.54) is 32.0 Å². The van der Waals surface area contributed by atoms with E-state index in [0.717, 1.165) is 0 Å². The number of hydrogen-bond donors (Lipinski definition) is 1. The van der Waals surface area contributed by atoms with Crippen LogP contribution in [0.15, 0.2) is 18.2 Å². The van der Waals surface area contributed by atoms with Gasteiger partial charge in [0.15, 0.2) is 0 Å². The molecule has 0 aliphatic rings. The Balaban J connectivity index is 3.27. The smallest absolute Gasteiger partial charge is 0.408 e. The number of rotatable bonds is 6. The number of amides is 1. The average Bonchev–Trinajstić information content (AvgIpc) is 2.36. The second-order valence-corrected chi connectivity index (χ2v) is 7.53. The normalized spacial score (nSPS) is 13.7. The van der Waals surface area contributed by atoms with Crippen molar-refractivity contribution >= 4 is 17.7 Å². The molecule has 0 aliphatic heterocycles. The van der Waals surface area contributed by atoms with Crippen molar-refractivity contribution in [3.05, 3.63) is 35.1 Å². The number of carbonyl (C=O) groups is 3. The second-order valence-electron chi connectivity index (χ2n) is 7.53. The molecule has 0 unspecified atom stereocenters. The SMILES string of the molecule is CC(=O)Cc1ccc(F)c([C@](C)(CC(C)=O)NC(=O)OC(C)(C)C)c1. The van der Waals surface area contributed by atoms with E-state index < -0.39 is 23.1 Å². The van der Waals surface area contributed by atoms with E-state index >= 15 is 0 Å². The van der Waals surface area contributed by atoms with Crippen molar-refractivity contribution in [3.63, 3.8) is 0 Å². The van der Waals surface area contributed by atoms with Crippen molar-refractivity contribution in [2.75, 3.05) is 0 Å². The van der Waals surface area contributed by atoms with Crippen LogP contribution in [0.5, 0.6) is 0 Å². The minimum absolute atomic E-state index is 0.0640. The highest BCUT2D eigenvalue weighted by molar-refractivity contribution is 5.79. The van der Waals surface area contributed by atoms with E-state index in [2.05, 4.69) is 5.32 Å². The van der Waals surface area contributed by atoms with Crippen molar-refractivity contribution in [3.8, 4) is 0 Å². The second kappa shape index (κ2) is 7.76. The molecule has 6 heteroatoms. The largest absolute Gasteiger partial charge is 0.444 e. The van der Waals surface area contributed by atoms with Gasteiger partial charge in [0, 0.05) is 18.4 Å². The van der Waals surface area contributed by atoms with Gasteiger partial charge >= 0.3 is 6.09 Å². The predicted molar refractivity (Wildman–Crippen MR) is 92.8 cm³/mol. The molecular formula is C19H26FNO4. The lowest BCUT2D eigenvalue weighted by Gasteiger charge is -2.32. The topological polar surface area (TPSA) is 72.5 Å². The Morgan fingerprint density at radius 2 is 1.68 bits per heavy atom. The Morgan fingerprint density at radius 1 is 1.08 bits per heavy atom. The summed E-state index contributed by atoms with van der Waals surface area (Å²) in [5, 5.41) is 2.61. The molecule has 138 valence electrons. The van der Waals surface area contributed by atoms with Crippen LogP contribution in [-0.4, -0.2) is 23.3 Å². The van der Waals surface area contributed by atoms with E-state index in [1.807, 2.05) is 0 Å². The van der Waals surface area contributed by atoms with Crippen molar-refractivity contribution in [1.82, 2.24) is 5.32 Å². The van der Waals surface area contributed by atoms with Crippen molar-refractivity contribution in [2.24, 2.45) is 0 Å². The highest BCUT2D eigenvalue weighted by Crippen LogP contribution is 2.29. The minimum atomic E-state index is -1.29. The molecule has 1 atom stereocenters. The third-order valence-corrected chi connectivity index (χ3v) is 3.46. The monoisotopic (exact) mass is 351 g/mol. The van der Waals surface area contributed by atoms with Crippen LogP contribution in [0.1, 0.15) is 59.1 Å². The molecular weight excluding hydrogens is 325 g/mol. The summed E-state index contributed by atoms with van der Waals surface area (Å²) in [6.07, 6.45) is -0.699. The van der Waals surface area contributed by atoms with Gasteiger partial charge in [0.1, 0.15) is 23.0 Å². The number of alkyl carbamates (subject to hydrolysis) is 1. The molecule has 0 radical (unpaired) electrons. The van der Waals surface area contributed by atoms with Gasteiger partial charge in [0.05, 0.1) is 5.54 Å². The summed E-state index contributed by atoms with van der Waals surface area (Å²) in [6, 6.07) is 4.27. The summed E-state index contributed by atoms with van der Waals surface area (Å²) in [7, 11) is 0. The van der Waals surface area contributed by atoms with Gasteiger partial charge in [-0.25, -0.2) is 9.18 Å². The number of halogens is 1. The first-order chi connectivity index (χ1) is 11.3. The molecule has 0 aromatic heterocycles. The number of Topliss-reactive ketones (excluding diaryl/α,β-unsaturated/α-hetero) is 2. The Hall–Kier alpha value is -2.24. The first kappa shape index (κ1) is 20.8. The van der Waals surface area contributed by atoms with Crippen LogP contribution < -0.4 is 5.32 Å². The van der Waals surface area contributed by atoms with Crippen LogP contribution in [0.4, 0.5) is 9.18 Å². The van der Waals surface area contributed by atoms with E-state index in [9.17, 15) is 18.8 Å². The Bertz CT molecular complexity index is 678. The third kappa shape index (κ3) is 6.64. The van der Waals surface area contributed by atoms with Crippen molar-refractivity contribution in [1.29, 1.82) is 0 Å². The molecule has 1 aromatic carbocycles. The molecule has 1 amide bonds. The van der Waals surface area contributed by atoms with E-state index in [1.54, 1.807) is 27.7 Å². The van der Waals surface area contributed by atoms with Crippen molar-refractivity contribution in [2.45, 2.75) is 65.5 Å². The lowest BCUT2D eigenvalue weighted by Crippen LogP contribution is -2.47. The van der Waals surface area contributed by atoms with Gasteiger partial charge in [-0.05, 0) is 53.2 Å². The maximum Gasteiger partial charge on any atom is 0.408 e. The number of carbonyl (C=O) groups excluding carboxylic acids is 3. The van der Waals surface area contributed by atoms with Gasteiger partial charge in [-0.2, -0.15) is 0 Å². The summed E-state index contributed by atoms with van der Waals surface area (Å²) in [5.74, 6) is -0.840. The Morgan fingerprint density at radius 3 is 2.16 bits per heavy atom. The molecule has 0 saturated carbocycles. The van der Waals surface area contributed by atoms with Crippen LogP contribution in [0, 0.1) is 5.82 Å². The van der Waals surface area contributed by atoms with Crippen LogP contribution >= 0.6 is 0 Å². The minimum Gasteiger partial charge on any atom is -0.444 e. The lowest BCUT2D eigenvalue weighted by atomic mass is 9.85. The lowest BCUT2D eigenvalue weighted by molar-refractivity contribution is -0.118. The van der Waals surface area contributed by atoms with Crippen molar-refractivity contribution < 1.29 is 23.5 Å². The first-order valence-corrected chi connectivity index (χ1v) is 8.11. The summed E-state index contributed by atoms with van der Waals surface area (Å²) >= 11 is 0. The number of ketones is 2. The molecule has 0 spiro atoms. The molecule has 0 saturated heterocycles. The fraction of sp³-hybridized carbons (Fsp3) is 0.526. The molecule has 0 aliphatic carbocycles. The van der Waals surface area contributed by atoms with Crippen LogP contribution in [-0.2, 0) is 26.3 Å². The predicted octanol–water partition coefficient (Wildman–Crippen LogP) is 3.68. The van der Waals surface area contributed by atoms with Crippen LogP contribution in [0.25, 0.3) is 0 Å². The van der Waals surface area contributed by atoms with E-state index in [4.69, 9.17) is 4.74 Å². The zero-order chi connectivity index (χ0) is 19.4. The summed E-state index contributed by atoms with van der Waals surface area (Å²) in [4.78, 5) is 35.2. The summed E-state index contributed by atoms with van der Waals surface area (Å²) in [5.41, 5.74) is -1.25. The zero-order valence-electron chi connectivity index (χ0n) is 15.7. The van der Waals surface area contributed by atoms with Gasteiger partial charge < -0.3 is 10.1 Å². The summed E-state index contributed by atoms with van der Waals surface area (Å²) < 4.78 is 19.7. The fourth-order valence-corrected chi connectivity index (χ4v) is 2.63. The average molecular weight is 351 g/mol. The highest BCUT2D eigenvalue weighted by Gasteiger charge is 2.34. The summed E-state index contributed by atoms with van der Waals surface area (Å²) in [6.45, 7) is 9.51. The standard InChI is InChI=1S/C19H26FNO4/c1-12(22)9-14-7-8-16(20)15(10-14)19(6,11-13(2)23)21-17(24)25-18(3,4)5/h7-8,10H,9,11H2,1-6H3,(H,21,24)/t19-/m0/s1. The molecule has 0 bridgehead atoms. The highest BCUT2D eigenvalue weighted by atomic mass is 19.1. The molecule has 5 nitrogen and oxygen atoms in total. The molecule has 1 N–H and O–H groups in total. The Kier molecular flexibility index (Phi) is 6.46. The molecule has 25 heavy (non-hydrogen) atoms. The number of benzene rings is 1. The maximum absolute atomic E-state index is 14.5. The fourth-order valence-electron chi connectivity index (χ4n) is 2.63.